The number of hydrogen-bond acceptors (Lipinski definition) is 3. The van der Waals surface area contributed by atoms with Crippen LogP contribution in [0.2, 0.25) is 5.02 Å². The number of nitrogens with one attached hydrogen (secondary N) is 1. The highest BCUT2D eigenvalue weighted by Crippen LogP contribution is 2.18. The molecule has 2 aromatic rings. The van der Waals surface area contributed by atoms with Crippen LogP contribution in [0.25, 0.3) is 0 Å². The molecule has 1 atom stereocenters. The van der Waals surface area contributed by atoms with Crippen LogP contribution >= 0.6 is 11.6 Å². The molecule has 1 amide bonds. The van der Waals surface area contributed by atoms with E-state index in [0.29, 0.717) is 10.7 Å². The van der Waals surface area contributed by atoms with Crippen LogP contribution in [-0.2, 0) is 4.79 Å². The summed E-state index contributed by atoms with van der Waals surface area (Å²) in [7, 11) is 1.59. The monoisotopic (exact) mass is 290 g/mol. The lowest BCUT2D eigenvalue weighted by atomic mass is 10.1. The van der Waals surface area contributed by atoms with Crippen molar-refractivity contribution >= 4 is 23.2 Å². The van der Waals surface area contributed by atoms with Crippen molar-refractivity contribution in [2.45, 2.75) is 6.04 Å². The molecular formula is C15H15ClN2O2. The number of rotatable bonds is 4. The van der Waals surface area contributed by atoms with Crippen LogP contribution < -0.4 is 15.8 Å². The zero-order chi connectivity index (χ0) is 14.5. The molecule has 0 aliphatic heterocycles. The summed E-state index contributed by atoms with van der Waals surface area (Å²) in [6.07, 6.45) is 0. The summed E-state index contributed by atoms with van der Waals surface area (Å²) in [6.45, 7) is 0. The maximum atomic E-state index is 12.1. The fraction of sp³-hybridized carbons (Fsp3) is 0.133. The maximum Gasteiger partial charge on any atom is 0.245 e. The van der Waals surface area contributed by atoms with Gasteiger partial charge in [-0.15, -0.1) is 0 Å². The lowest BCUT2D eigenvalue weighted by Crippen LogP contribution is -2.27. The molecule has 2 rings (SSSR count). The van der Waals surface area contributed by atoms with Gasteiger partial charge in [0, 0.05) is 10.7 Å². The van der Waals surface area contributed by atoms with Gasteiger partial charge in [-0.2, -0.15) is 0 Å². The van der Waals surface area contributed by atoms with Gasteiger partial charge in [0.1, 0.15) is 11.8 Å². The van der Waals surface area contributed by atoms with Crippen LogP contribution in [0, 0.1) is 0 Å². The van der Waals surface area contributed by atoms with Crippen molar-refractivity contribution in [3.63, 3.8) is 0 Å². The zero-order valence-electron chi connectivity index (χ0n) is 11.0. The van der Waals surface area contributed by atoms with Gasteiger partial charge in [-0.05, 0) is 42.0 Å². The number of nitrogens with two attached hydrogens (primary N) is 1. The average molecular weight is 291 g/mol. The third-order valence-corrected chi connectivity index (χ3v) is 3.12. The molecule has 0 unspecified atom stereocenters. The van der Waals surface area contributed by atoms with Crippen LogP contribution in [0.5, 0.6) is 5.75 Å². The minimum atomic E-state index is -0.739. The fourth-order valence-corrected chi connectivity index (χ4v) is 1.84. The SMILES string of the molecule is COc1ccc([C@H](N)C(=O)Nc2ccc(Cl)cc2)cc1. The quantitative estimate of drug-likeness (QED) is 0.910. The zero-order valence-corrected chi connectivity index (χ0v) is 11.7. The highest BCUT2D eigenvalue weighted by molar-refractivity contribution is 6.30. The van der Waals surface area contributed by atoms with Crippen molar-refractivity contribution < 1.29 is 9.53 Å². The molecule has 2 aromatic carbocycles. The smallest absolute Gasteiger partial charge is 0.245 e. The average Bonchev–Trinajstić information content (AvgIpc) is 2.49. The Hall–Kier alpha value is -2.04. The van der Waals surface area contributed by atoms with E-state index in [1.54, 1.807) is 55.6 Å². The second kappa shape index (κ2) is 6.41. The molecule has 20 heavy (non-hydrogen) atoms. The topological polar surface area (TPSA) is 64.3 Å². The molecule has 3 N–H and O–H groups in total. The van der Waals surface area contributed by atoms with Crippen molar-refractivity contribution in [3.8, 4) is 5.75 Å². The number of benzene rings is 2. The highest BCUT2D eigenvalue weighted by Gasteiger charge is 2.15. The normalized spacial score (nSPS) is 11.8. The number of carbonyl (C=O) groups is 1. The third-order valence-electron chi connectivity index (χ3n) is 2.87. The molecule has 0 aliphatic carbocycles. The van der Waals surface area contributed by atoms with E-state index in [9.17, 15) is 4.79 Å². The molecular weight excluding hydrogens is 276 g/mol. The molecule has 0 heterocycles. The number of methoxy groups -OCH3 is 1. The van der Waals surface area contributed by atoms with E-state index in [-0.39, 0.29) is 5.91 Å². The Morgan fingerprint density at radius 3 is 2.30 bits per heavy atom. The van der Waals surface area contributed by atoms with Gasteiger partial charge >= 0.3 is 0 Å². The number of hydrogen-bond donors (Lipinski definition) is 2. The minimum absolute atomic E-state index is 0.280. The molecule has 0 radical (unpaired) electrons. The summed E-state index contributed by atoms with van der Waals surface area (Å²) in [5, 5.41) is 3.36. The lowest BCUT2D eigenvalue weighted by molar-refractivity contribution is -0.117. The molecule has 0 fully saturated rings. The van der Waals surface area contributed by atoms with Crippen LogP contribution in [0.15, 0.2) is 48.5 Å². The summed E-state index contributed by atoms with van der Waals surface area (Å²) < 4.78 is 5.06. The van der Waals surface area contributed by atoms with Gasteiger partial charge in [0.2, 0.25) is 5.91 Å². The van der Waals surface area contributed by atoms with Crippen LogP contribution in [0.3, 0.4) is 0 Å². The van der Waals surface area contributed by atoms with Crippen LogP contribution in [-0.4, -0.2) is 13.0 Å². The van der Waals surface area contributed by atoms with Crippen molar-refractivity contribution in [3.05, 3.63) is 59.1 Å². The van der Waals surface area contributed by atoms with E-state index in [0.717, 1.165) is 11.3 Å². The predicted octanol–water partition coefficient (Wildman–Crippen LogP) is 2.99. The molecule has 0 aromatic heterocycles. The Labute approximate surface area is 122 Å². The number of anilines is 1. The summed E-state index contributed by atoms with van der Waals surface area (Å²) in [5.74, 6) is 0.441. The number of ether oxygens (including phenoxy) is 1. The molecule has 0 saturated carbocycles. The predicted molar refractivity (Wildman–Crippen MR) is 80.0 cm³/mol. The Morgan fingerprint density at radius 1 is 1.15 bits per heavy atom. The second-order valence-electron chi connectivity index (χ2n) is 4.25. The first-order valence-electron chi connectivity index (χ1n) is 6.06. The highest BCUT2D eigenvalue weighted by atomic mass is 35.5. The largest absolute Gasteiger partial charge is 0.497 e. The summed E-state index contributed by atoms with van der Waals surface area (Å²) in [5.41, 5.74) is 7.30. The van der Waals surface area contributed by atoms with Gasteiger partial charge < -0.3 is 15.8 Å². The Bertz CT molecular complexity index is 582. The lowest BCUT2D eigenvalue weighted by Gasteiger charge is -2.13. The van der Waals surface area contributed by atoms with Crippen molar-refractivity contribution in [1.82, 2.24) is 0 Å². The standard InChI is InChI=1S/C15H15ClN2O2/c1-20-13-8-2-10(3-9-13)14(17)15(19)18-12-6-4-11(16)5-7-12/h2-9,14H,17H2,1H3,(H,18,19)/t14-/m0/s1. The van der Waals surface area contributed by atoms with E-state index in [2.05, 4.69) is 5.32 Å². The molecule has 0 saturated heterocycles. The first kappa shape index (κ1) is 14.4. The maximum absolute atomic E-state index is 12.1. The Kier molecular flexibility index (Phi) is 4.61. The minimum Gasteiger partial charge on any atom is -0.497 e. The van der Waals surface area contributed by atoms with Gasteiger partial charge in [-0.3, -0.25) is 4.79 Å². The fourth-order valence-electron chi connectivity index (χ4n) is 1.72. The molecule has 4 nitrogen and oxygen atoms in total. The van der Waals surface area contributed by atoms with E-state index in [1.165, 1.54) is 0 Å². The van der Waals surface area contributed by atoms with Gasteiger partial charge in [-0.1, -0.05) is 23.7 Å². The Morgan fingerprint density at radius 2 is 1.75 bits per heavy atom. The van der Waals surface area contributed by atoms with Crippen molar-refractivity contribution in [2.75, 3.05) is 12.4 Å². The summed E-state index contributed by atoms with van der Waals surface area (Å²) in [6, 6.07) is 13.2. The number of carbonyl (C=O) groups excluding carboxylic acids is 1. The first-order chi connectivity index (χ1) is 9.60. The van der Waals surface area contributed by atoms with E-state index < -0.39 is 6.04 Å². The number of amides is 1. The number of halogens is 1. The van der Waals surface area contributed by atoms with Gasteiger partial charge in [0.05, 0.1) is 7.11 Å². The summed E-state index contributed by atoms with van der Waals surface area (Å²) in [4.78, 5) is 12.1. The molecule has 104 valence electrons. The van der Waals surface area contributed by atoms with Crippen LogP contribution in [0.4, 0.5) is 5.69 Å². The van der Waals surface area contributed by atoms with Gasteiger partial charge in [0.15, 0.2) is 0 Å². The van der Waals surface area contributed by atoms with Gasteiger partial charge in [0.25, 0.3) is 0 Å². The van der Waals surface area contributed by atoms with Gasteiger partial charge in [-0.25, -0.2) is 0 Å². The molecule has 0 spiro atoms. The van der Waals surface area contributed by atoms with Crippen molar-refractivity contribution in [1.29, 1.82) is 0 Å². The second-order valence-corrected chi connectivity index (χ2v) is 4.68. The third kappa shape index (κ3) is 3.50. The van der Waals surface area contributed by atoms with E-state index in [1.807, 2.05) is 0 Å². The molecule has 0 bridgehead atoms. The molecule has 5 heteroatoms. The summed E-state index contributed by atoms with van der Waals surface area (Å²) >= 11 is 5.79. The van der Waals surface area contributed by atoms with E-state index in [4.69, 9.17) is 22.1 Å². The van der Waals surface area contributed by atoms with Crippen molar-refractivity contribution in [2.24, 2.45) is 5.73 Å². The van der Waals surface area contributed by atoms with Crippen LogP contribution in [0.1, 0.15) is 11.6 Å². The van der Waals surface area contributed by atoms with E-state index >= 15 is 0 Å². The molecule has 0 aliphatic rings. The first-order valence-corrected chi connectivity index (χ1v) is 6.44. The Balaban J connectivity index is 2.05.